The van der Waals surface area contributed by atoms with Gasteiger partial charge in [0.15, 0.2) is 5.96 Å². The molecule has 1 N–H and O–H groups in total. The maximum atomic E-state index is 6.12. The molecule has 0 amide bonds. The number of aliphatic imine (C=N–C) groups is 1. The van der Waals surface area contributed by atoms with Crippen LogP contribution in [0.4, 0.5) is 5.95 Å². The standard InChI is InChI=1S/C18H22Cl2N6O.HI/c1-21-17(24-8-13-27-15-5-2-4-14(19)16(15)20)25-9-11-26(12-10-25)18-22-6-3-7-23-18;/h2-7H,8-13H2,1H3,(H,21,24);1H. The van der Waals surface area contributed by atoms with E-state index in [0.29, 0.717) is 28.9 Å². The van der Waals surface area contributed by atoms with E-state index in [-0.39, 0.29) is 24.0 Å². The number of guanidine groups is 1. The third-order valence-electron chi connectivity index (χ3n) is 4.18. The van der Waals surface area contributed by atoms with Crippen molar-refractivity contribution < 1.29 is 4.74 Å². The number of hydrogen-bond donors (Lipinski definition) is 1. The Hall–Kier alpha value is -1.52. The van der Waals surface area contributed by atoms with E-state index in [9.17, 15) is 0 Å². The number of nitrogens with zero attached hydrogens (tertiary/aromatic N) is 5. The molecule has 1 aromatic heterocycles. The van der Waals surface area contributed by atoms with Crippen LogP contribution < -0.4 is 15.0 Å². The van der Waals surface area contributed by atoms with Gasteiger partial charge in [-0.15, -0.1) is 24.0 Å². The van der Waals surface area contributed by atoms with Gasteiger partial charge in [0.05, 0.1) is 11.6 Å². The van der Waals surface area contributed by atoms with Gasteiger partial charge in [0.2, 0.25) is 5.95 Å². The average Bonchev–Trinajstić information content (AvgIpc) is 2.72. The fourth-order valence-corrected chi connectivity index (χ4v) is 3.17. The molecule has 1 aliphatic heterocycles. The fraction of sp³-hybridized carbons (Fsp3) is 0.389. The van der Waals surface area contributed by atoms with Crippen LogP contribution in [0.15, 0.2) is 41.7 Å². The average molecular weight is 537 g/mol. The van der Waals surface area contributed by atoms with Gasteiger partial charge in [-0.1, -0.05) is 29.3 Å². The summed E-state index contributed by atoms with van der Waals surface area (Å²) in [4.78, 5) is 17.4. The Morgan fingerprint density at radius 2 is 1.86 bits per heavy atom. The number of benzene rings is 1. The van der Waals surface area contributed by atoms with Gasteiger partial charge in [0.1, 0.15) is 17.4 Å². The van der Waals surface area contributed by atoms with Crippen LogP contribution in [0.2, 0.25) is 10.0 Å². The predicted molar refractivity (Wildman–Crippen MR) is 125 cm³/mol. The highest BCUT2D eigenvalue weighted by atomic mass is 127. The molecule has 10 heteroatoms. The van der Waals surface area contributed by atoms with Gasteiger partial charge < -0.3 is 19.9 Å². The molecule has 0 saturated carbocycles. The maximum Gasteiger partial charge on any atom is 0.225 e. The lowest BCUT2D eigenvalue weighted by atomic mass is 10.3. The molecule has 1 fully saturated rings. The van der Waals surface area contributed by atoms with Gasteiger partial charge >= 0.3 is 0 Å². The molecule has 0 bridgehead atoms. The van der Waals surface area contributed by atoms with Crippen LogP contribution in [0.3, 0.4) is 0 Å². The molecule has 0 unspecified atom stereocenters. The van der Waals surface area contributed by atoms with Crippen molar-refractivity contribution in [3.05, 3.63) is 46.7 Å². The number of piperazine rings is 1. The van der Waals surface area contributed by atoms with Crippen molar-refractivity contribution in [1.29, 1.82) is 0 Å². The van der Waals surface area contributed by atoms with Gasteiger partial charge in [-0.05, 0) is 18.2 Å². The number of halogens is 3. The third kappa shape index (κ3) is 5.99. The highest BCUT2D eigenvalue weighted by Crippen LogP contribution is 2.31. The summed E-state index contributed by atoms with van der Waals surface area (Å²) in [6, 6.07) is 7.17. The Labute approximate surface area is 192 Å². The van der Waals surface area contributed by atoms with Crippen molar-refractivity contribution in [2.24, 2.45) is 4.99 Å². The van der Waals surface area contributed by atoms with Crippen LogP contribution >= 0.6 is 47.2 Å². The topological polar surface area (TPSA) is 65.9 Å². The first-order valence-electron chi connectivity index (χ1n) is 8.73. The number of ether oxygens (including phenoxy) is 1. The van der Waals surface area contributed by atoms with E-state index in [2.05, 4.69) is 30.1 Å². The summed E-state index contributed by atoms with van der Waals surface area (Å²) in [5, 5.41) is 4.24. The van der Waals surface area contributed by atoms with Crippen molar-refractivity contribution in [3.8, 4) is 5.75 Å². The normalized spacial score (nSPS) is 14.5. The molecule has 0 atom stereocenters. The maximum absolute atomic E-state index is 6.12. The van der Waals surface area contributed by atoms with Crippen molar-refractivity contribution >= 4 is 59.1 Å². The summed E-state index contributed by atoms with van der Waals surface area (Å²) in [6.07, 6.45) is 3.53. The van der Waals surface area contributed by atoms with Crippen molar-refractivity contribution in [1.82, 2.24) is 20.2 Å². The van der Waals surface area contributed by atoms with Gasteiger partial charge in [-0.25, -0.2) is 9.97 Å². The van der Waals surface area contributed by atoms with E-state index in [0.717, 1.165) is 38.1 Å². The van der Waals surface area contributed by atoms with E-state index in [4.69, 9.17) is 27.9 Å². The largest absolute Gasteiger partial charge is 0.490 e. The Balaban J connectivity index is 0.00000280. The quantitative estimate of drug-likeness (QED) is 0.274. The Morgan fingerprint density at radius 3 is 2.54 bits per heavy atom. The fourth-order valence-electron chi connectivity index (χ4n) is 2.82. The first-order chi connectivity index (χ1) is 13.2. The second kappa shape index (κ2) is 11.5. The Morgan fingerprint density at radius 1 is 1.14 bits per heavy atom. The molecule has 2 aromatic rings. The predicted octanol–water partition coefficient (Wildman–Crippen LogP) is 3.18. The molecule has 3 rings (SSSR count). The summed E-state index contributed by atoms with van der Waals surface area (Å²) < 4.78 is 5.70. The molecular formula is C18H23Cl2IN6O. The molecule has 0 radical (unpaired) electrons. The zero-order chi connectivity index (χ0) is 19.1. The van der Waals surface area contributed by atoms with Crippen molar-refractivity contribution in [3.63, 3.8) is 0 Å². The minimum absolute atomic E-state index is 0. The van der Waals surface area contributed by atoms with Crippen molar-refractivity contribution in [2.75, 3.05) is 51.3 Å². The van der Waals surface area contributed by atoms with Gasteiger partial charge in [0.25, 0.3) is 0 Å². The SMILES string of the molecule is CN=C(NCCOc1cccc(Cl)c1Cl)N1CCN(c2ncccn2)CC1.I. The first-order valence-corrected chi connectivity index (χ1v) is 9.49. The molecule has 0 aliphatic carbocycles. The first kappa shape index (κ1) is 22.8. The number of rotatable bonds is 5. The summed E-state index contributed by atoms with van der Waals surface area (Å²) in [5.74, 6) is 2.20. The second-order valence-corrected chi connectivity index (χ2v) is 6.68. The molecule has 152 valence electrons. The molecule has 0 spiro atoms. The van der Waals surface area contributed by atoms with E-state index in [1.807, 2.05) is 12.1 Å². The summed E-state index contributed by atoms with van der Waals surface area (Å²) >= 11 is 12.1. The van der Waals surface area contributed by atoms with Gasteiger partial charge in [-0.2, -0.15) is 0 Å². The Kier molecular flexibility index (Phi) is 9.33. The third-order valence-corrected chi connectivity index (χ3v) is 4.99. The second-order valence-electron chi connectivity index (χ2n) is 5.90. The molecule has 28 heavy (non-hydrogen) atoms. The summed E-state index contributed by atoms with van der Waals surface area (Å²) in [7, 11) is 1.78. The van der Waals surface area contributed by atoms with E-state index < -0.39 is 0 Å². The lowest BCUT2D eigenvalue weighted by Gasteiger charge is -2.36. The highest BCUT2D eigenvalue weighted by molar-refractivity contribution is 14.0. The van der Waals surface area contributed by atoms with Crippen LogP contribution in [-0.4, -0.2) is 67.2 Å². The molecule has 1 aliphatic rings. The molecular weight excluding hydrogens is 514 g/mol. The highest BCUT2D eigenvalue weighted by Gasteiger charge is 2.20. The van der Waals surface area contributed by atoms with Crippen LogP contribution in [0.1, 0.15) is 0 Å². The van der Waals surface area contributed by atoms with Gasteiger partial charge in [0, 0.05) is 45.6 Å². The van der Waals surface area contributed by atoms with Crippen LogP contribution in [0.25, 0.3) is 0 Å². The molecule has 2 heterocycles. The summed E-state index contributed by atoms with van der Waals surface area (Å²) in [5.41, 5.74) is 0. The van der Waals surface area contributed by atoms with E-state index >= 15 is 0 Å². The zero-order valence-electron chi connectivity index (χ0n) is 15.5. The number of hydrogen-bond acceptors (Lipinski definition) is 5. The van der Waals surface area contributed by atoms with E-state index in [1.165, 1.54) is 0 Å². The molecule has 7 nitrogen and oxygen atoms in total. The van der Waals surface area contributed by atoms with Crippen LogP contribution in [0.5, 0.6) is 5.75 Å². The lowest BCUT2D eigenvalue weighted by Crippen LogP contribution is -2.53. The smallest absolute Gasteiger partial charge is 0.225 e. The molecule has 1 aromatic carbocycles. The summed E-state index contributed by atoms with van der Waals surface area (Å²) in [6.45, 7) is 4.45. The lowest BCUT2D eigenvalue weighted by molar-refractivity contribution is 0.315. The zero-order valence-corrected chi connectivity index (χ0v) is 19.4. The van der Waals surface area contributed by atoms with Crippen LogP contribution in [0, 0.1) is 0 Å². The van der Waals surface area contributed by atoms with Crippen LogP contribution in [-0.2, 0) is 0 Å². The van der Waals surface area contributed by atoms with E-state index in [1.54, 1.807) is 31.6 Å². The van der Waals surface area contributed by atoms with Gasteiger partial charge in [-0.3, -0.25) is 4.99 Å². The van der Waals surface area contributed by atoms with Crippen molar-refractivity contribution in [2.45, 2.75) is 0 Å². The monoisotopic (exact) mass is 536 g/mol. The number of anilines is 1. The molecule has 1 saturated heterocycles. The minimum atomic E-state index is 0. The number of aromatic nitrogens is 2. The number of nitrogens with one attached hydrogen (secondary N) is 1. The minimum Gasteiger partial charge on any atom is -0.490 e. The Bertz CT molecular complexity index is 772.